The molecule has 4 aliphatic carbocycles. The van der Waals surface area contributed by atoms with Gasteiger partial charge in [-0.25, -0.2) is 4.98 Å². The molecule has 6 nitrogen and oxygen atoms in total. The summed E-state index contributed by atoms with van der Waals surface area (Å²) in [6, 6.07) is 5.40. The largest absolute Gasteiger partial charge is 0.478 e. The number of hydrogen-bond donors (Lipinski definition) is 2. The molecule has 0 radical (unpaired) electrons. The van der Waals surface area contributed by atoms with E-state index in [9.17, 15) is 9.59 Å². The van der Waals surface area contributed by atoms with Crippen LogP contribution in [0.2, 0.25) is 0 Å². The number of amides is 2. The Balaban J connectivity index is 1.47. The first-order chi connectivity index (χ1) is 12.5. The van der Waals surface area contributed by atoms with Crippen LogP contribution in [0.4, 0.5) is 0 Å². The SMILES string of the molecule is CCCOc1cccc(C(=O)NC2C3CC4CC2CC(C(N)=O)(C4)C3)n1. The lowest BCUT2D eigenvalue weighted by atomic mass is 9.47. The van der Waals surface area contributed by atoms with E-state index in [0.717, 1.165) is 38.5 Å². The molecule has 2 unspecified atom stereocenters. The first kappa shape index (κ1) is 17.3. The molecule has 1 aromatic rings. The van der Waals surface area contributed by atoms with Crippen molar-refractivity contribution in [1.29, 1.82) is 0 Å². The van der Waals surface area contributed by atoms with Crippen LogP contribution in [-0.4, -0.2) is 29.4 Å². The Kier molecular flexibility index (Phi) is 4.37. The topological polar surface area (TPSA) is 94.3 Å². The van der Waals surface area contributed by atoms with Crippen LogP contribution >= 0.6 is 0 Å². The molecule has 3 N–H and O–H groups in total. The standard InChI is InChI=1S/C20H27N3O3/c1-2-6-26-16-5-3-4-15(22-16)18(24)23-17-13-7-12-8-14(17)11-20(9-12,10-13)19(21)25/h3-5,12-14,17H,2,6-11H2,1H3,(H2,21,25)(H,23,24). The van der Waals surface area contributed by atoms with Crippen molar-refractivity contribution in [3.05, 3.63) is 23.9 Å². The molecule has 5 rings (SSSR count). The van der Waals surface area contributed by atoms with E-state index in [-0.39, 0.29) is 23.3 Å². The van der Waals surface area contributed by atoms with Gasteiger partial charge in [-0.05, 0) is 62.3 Å². The van der Waals surface area contributed by atoms with Crippen LogP contribution in [-0.2, 0) is 4.79 Å². The second-order valence-electron chi connectivity index (χ2n) is 8.32. The first-order valence-corrected chi connectivity index (χ1v) is 9.71. The van der Waals surface area contributed by atoms with Crippen LogP contribution in [0.25, 0.3) is 0 Å². The molecule has 140 valence electrons. The Morgan fingerprint density at radius 2 is 2.00 bits per heavy atom. The Bertz CT molecular complexity index is 704. The Labute approximate surface area is 153 Å². The highest BCUT2D eigenvalue weighted by molar-refractivity contribution is 5.92. The molecule has 26 heavy (non-hydrogen) atoms. The molecular weight excluding hydrogens is 330 g/mol. The second-order valence-corrected chi connectivity index (χ2v) is 8.32. The third-order valence-electron chi connectivity index (χ3n) is 6.50. The average Bonchev–Trinajstić information content (AvgIpc) is 2.62. The minimum absolute atomic E-state index is 0.119. The Hall–Kier alpha value is -2.11. The lowest BCUT2D eigenvalue weighted by molar-refractivity contribution is -0.145. The van der Waals surface area contributed by atoms with Gasteiger partial charge in [0, 0.05) is 17.5 Å². The normalized spacial score (nSPS) is 34.5. The molecule has 4 aliphatic rings. The quantitative estimate of drug-likeness (QED) is 0.817. The molecule has 4 saturated carbocycles. The molecule has 1 heterocycles. The molecule has 1 aromatic heterocycles. The zero-order chi connectivity index (χ0) is 18.3. The summed E-state index contributed by atoms with van der Waals surface area (Å²) in [6.07, 6.45) is 5.63. The maximum atomic E-state index is 12.8. The summed E-state index contributed by atoms with van der Waals surface area (Å²) in [5, 5.41) is 3.21. The smallest absolute Gasteiger partial charge is 0.270 e. The number of carbonyl (C=O) groups is 2. The Morgan fingerprint density at radius 3 is 2.65 bits per heavy atom. The fourth-order valence-electron chi connectivity index (χ4n) is 5.62. The first-order valence-electron chi connectivity index (χ1n) is 9.71. The van der Waals surface area contributed by atoms with Crippen molar-refractivity contribution in [1.82, 2.24) is 10.3 Å². The third kappa shape index (κ3) is 2.95. The third-order valence-corrected chi connectivity index (χ3v) is 6.50. The maximum Gasteiger partial charge on any atom is 0.270 e. The predicted octanol–water partition coefficient (Wildman–Crippen LogP) is 2.28. The van der Waals surface area contributed by atoms with Gasteiger partial charge in [0.2, 0.25) is 11.8 Å². The lowest BCUT2D eigenvalue weighted by Gasteiger charge is -2.58. The zero-order valence-corrected chi connectivity index (χ0v) is 15.2. The summed E-state index contributed by atoms with van der Waals surface area (Å²) in [6.45, 7) is 2.61. The highest BCUT2D eigenvalue weighted by Gasteiger charge is 2.58. The number of aromatic nitrogens is 1. The highest BCUT2D eigenvalue weighted by Crippen LogP contribution is 2.59. The lowest BCUT2D eigenvalue weighted by Crippen LogP contribution is -2.62. The van der Waals surface area contributed by atoms with Crippen LogP contribution in [0.5, 0.6) is 5.88 Å². The van der Waals surface area contributed by atoms with E-state index in [1.807, 2.05) is 6.92 Å². The number of nitrogens with zero attached hydrogens (tertiary/aromatic N) is 1. The van der Waals surface area contributed by atoms with Crippen molar-refractivity contribution in [2.75, 3.05) is 6.61 Å². The van der Waals surface area contributed by atoms with Crippen molar-refractivity contribution >= 4 is 11.8 Å². The van der Waals surface area contributed by atoms with E-state index < -0.39 is 0 Å². The molecule has 0 spiro atoms. The van der Waals surface area contributed by atoms with E-state index in [2.05, 4.69) is 10.3 Å². The number of carbonyl (C=O) groups excluding carboxylic acids is 2. The van der Waals surface area contributed by atoms with Gasteiger partial charge in [0.15, 0.2) is 0 Å². The van der Waals surface area contributed by atoms with Crippen LogP contribution in [0.3, 0.4) is 0 Å². The molecule has 2 amide bonds. The predicted molar refractivity (Wildman–Crippen MR) is 96.5 cm³/mol. The number of primary amides is 1. The maximum absolute atomic E-state index is 12.8. The van der Waals surface area contributed by atoms with Gasteiger partial charge in [-0.1, -0.05) is 13.0 Å². The number of pyridine rings is 1. The summed E-state index contributed by atoms with van der Waals surface area (Å²) < 4.78 is 5.53. The second kappa shape index (κ2) is 6.56. The van der Waals surface area contributed by atoms with Gasteiger partial charge in [-0.15, -0.1) is 0 Å². The van der Waals surface area contributed by atoms with E-state index in [1.165, 1.54) is 0 Å². The van der Waals surface area contributed by atoms with Crippen molar-refractivity contribution in [2.45, 2.75) is 51.5 Å². The molecule has 2 atom stereocenters. The van der Waals surface area contributed by atoms with Crippen LogP contribution < -0.4 is 15.8 Å². The number of nitrogens with one attached hydrogen (secondary N) is 1. The van der Waals surface area contributed by atoms with Gasteiger partial charge in [0.25, 0.3) is 5.91 Å². The van der Waals surface area contributed by atoms with Crippen molar-refractivity contribution in [3.8, 4) is 5.88 Å². The fourth-order valence-corrected chi connectivity index (χ4v) is 5.62. The number of nitrogens with two attached hydrogens (primary N) is 1. The van der Waals surface area contributed by atoms with E-state index >= 15 is 0 Å². The monoisotopic (exact) mass is 357 g/mol. The molecule has 0 saturated heterocycles. The van der Waals surface area contributed by atoms with Gasteiger partial charge in [-0.3, -0.25) is 9.59 Å². The van der Waals surface area contributed by atoms with E-state index in [4.69, 9.17) is 10.5 Å². The number of rotatable bonds is 6. The molecule has 0 aromatic carbocycles. The van der Waals surface area contributed by atoms with Gasteiger partial charge in [0.05, 0.1) is 6.61 Å². The Morgan fingerprint density at radius 1 is 1.27 bits per heavy atom. The zero-order valence-electron chi connectivity index (χ0n) is 15.2. The number of hydrogen-bond acceptors (Lipinski definition) is 4. The minimum atomic E-state index is -0.329. The van der Waals surface area contributed by atoms with Crippen molar-refractivity contribution in [2.24, 2.45) is 28.9 Å². The molecular formula is C20H27N3O3. The van der Waals surface area contributed by atoms with Gasteiger partial charge >= 0.3 is 0 Å². The fraction of sp³-hybridized carbons (Fsp3) is 0.650. The van der Waals surface area contributed by atoms with Crippen molar-refractivity contribution in [3.63, 3.8) is 0 Å². The average molecular weight is 357 g/mol. The summed E-state index contributed by atoms with van der Waals surface area (Å²) in [4.78, 5) is 29.1. The molecule has 0 aliphatic heterocycles. The van der Waals surface area contributed by atoms with Crippen LogP contribution in [0.15, 0.2) is 18.2 Å². The number of ether oxygens (including phenoxy) is 1. The molecule has 4 bridgehead atoms. The van der Waals surface area contributed by atoms with Crippen LogP contribution in [0.1, 0.15) is 55.9 Å². The van der Waals surface area contributed by atoms with E-state index in [0.29, 0.717) is 35.9 Å². The van der Waals surface area contributed by atoms with Crippen LogP contribution in [0, 0.1) is 23.2 Å². The van der Waals surface area contributed by atoms with Crippen molar-refractivity contribution < 1.29 is 14.3 Å². The molecule has 6 heteroatoms. The van der Waals surface area contributed by atoms with Gasteiger partial charge in [0.1, 0.15) is 5.69 Å². The van der Waals surface area contributed by atoms with Gasteiger partial charge in [-0.2, -0.15) is 0 Å². The van der Waals surface area contributed by atoms with Gasteiger partial charge < -0.3 is 15.8 Å². The summed E-state index contributed by atoms with van der Waals surface area (Å²) in [5.41, 5.74) is 5.79. The van der Waals surface area contributed by atoms with E-state index in [1.54, 1.807) is 18.2 Å². The summed E-state index contributed by atoms with van der Waals surface area (Å²) in [5.74, 6) is 1.45. The summed E-state index contributed by atoms with van der Waals surface area (Å²) >= 11 is 0. The summed E-state index contributed by atoms with van der Waals surface area (Å²) in [7, 11) is 0. The highest BCUT2D eigenvalue weighted by atomic mass is 16.5. The molecule has 4 fully saturated rings. The minimum Gasteiger partial charge on any atom is -0.478 e.